The van der Waals surface area contributed by atoms with Gasteiger partial charge in [0.15, 0.2) is 0 Å². The second-order valence-corrected chi connectivity index (χ2v) is 6.31. The number of nitrogens with two attached hydrogens (primary N) is 1. The number of piperidine rings is 2. The first kappa shape index (κ1) is 12.8. The predicted octanol–water partition coefficient (Wildman–Crippen LogP) is 3.00. The van der Waals surface area contributed by atoms with Crippen LogP contribution in [-0.2, 0) is 0 Å². The molecule has 104 valence electrons. The average molecular weight is 259 g/mol. The number of fused-ring (bicyclic) bond motifs is 2. The van der Waals surface area contributed by atoms with Gasteiger partial charge in [0.1, 0.15) is 0 Å². The summed E-state index contributed by atoms with van der Waals surface area (Å²) in [5.74, 6) is 0. The Morgan fingerprint density at radius 1 is 1.21 bits per heavy atom. The molecule has 2 unspecified atom stereocenters. The first-order valence-corrected chi connectivity index (χ1v) is 7.48. The van der Waals surface area contributed by atoms with Crippen molar-refractivity contribution in [2.45, 2.75) is 57.2 Å². The van der Waals surface area contributed by atoms with E-state index in [1.54, 1.807) is 0 Å². The van der Waals surface area contributed by atoms with Gasteiger partial charge < -0.3 is 16.0 Å². The van der Waals surface area contributed by atoms with Crippen molar-refractivity contribution >= 4 is 11.4 Å². The summed E-state index contributed by atoms with van der Waals surface area (Å²) in [7, 11) is 2.30. The van der Waals surface area contributed by atoms with E-state index in [0.29, 0.717) is 6.04 Å². The summed E-state index contributed by atoms with van der Waals surface area (Å²) in [6.45, 7) is 2.08. The van der Waals surface area contributed by atoms with Crippen molar-refractivity contribution in [2.24, 2.45) is 0 Å². The Morgan fingerprint density at radius 2 is 1.89 bits per heavy atom. The number of aryl methyl sites for hydroxylation is 1. The molecular weight excluding hydrogens is 234 g/mol. The van der Waals surface area contributed by atoms with Crippen molar-refractivity contribution in [3.63, 3.8) is 0 Å². The van der Waals surface area contributed by atoms with Crippen LogP contribution in [0, 0.1) is 6.92 Å². The molecule has 3 N–H and O–H groups in total. The van der Waals surface area contributed by atoms with Crippen LogP contribution in [0.4, 0.5) is 11.4 Å². The van der Waals surface area contributed by atoms with E-state index >= 15 is 0 Å². The molecule has 1 aromatic rings. The zero-order valence-electron chi connectivity index (χ0n) is 12.0. The Kier molecular flexibility index (Phi) is 3.40. The van der Waals surface area contributed by atoms with Crippen molar-refractivity contribution < 1.29 is 0 Å². The Balaban J connectivity index is 1.70. The third-order valence-corrected chi connectivity index (χ3v) is 4.91. The van der Waals surface area contributed by atoms with Gasteiger partial charge in [-0.15, -0.1) is 0 Å². The summed E-state index contributed by atoms with van der Waals surface area (Å²) in [4.78, 5) is 2.60. The Bertz CT molecular complexity index is 443. The second-order valence-electron chi connectivity index (χ2n) is 6.31. The van der Waals surface area contributed by atoms with Crippen LogP contribution in [0.3, 0.4) is 0 Å². The van der Waals surface area contributed by atoms with Gasteiger partial charge in [-0.1, -0.05) is 12.5 Å². The summed E-state index contributed by atoms with van der Waals surface area (Å²) in [6.07, 6.45) is 6.61. The molecule has 19 heavy (non-hydrogen) atoms. The van der Waals surface area contributed by atoms with Crippen molar-refractivity contribution in [1.29, 1.82) is 0 Å². The van der Waals surface area contributed by atoms with Crippen molar-refractivity contribution in [2.75, 3.05) is 18.1 Å². The van der Waals surface area contributed by atoms with Gasteiger partial charge in [-0.2, -0.15) is 0 Å². The number of benzene rings is 1. The first-order chi connectivity index (χ1) is 9.13. The van der Waals surface area contributed by atoms with Crippen LogP contribution in [0.2, 0.25) is 0 Å². The van der Waals surface area contributed by atoms with E-state index in [0.717, 1.165) is 23.5 Å². The molecule has 0 radical (unpaired) electrons. The van der Waals surface area contributed by atoms with E-state index in [1.165, 1.54) is 37.7 Å². The third-order valence-electron chi connectivity index (χ3n) is 4.91. The molecule has 2 bridgehead atoms. The molecular formula is C16H25N3. The number of nitrogen functional groups attached to an aromatic ring is 1. The van der Waals surface area contributed by atoms with E-state index in [-0.39, 0.29) is 0 Å². The molecule has 0 spiro atoms. The molecule has 0 amide bonds. The molecule has 0 aromatic heterocycles. The molecule has 3 nitrogen and oxygen atoms in total. The number of rotatable bonds is 2. The van der Waals surface area contributed by atoms with Crippen LogP contribution in [0.1, 0.15) is 37.7 Å². The van der Waals surface area contributed by atoms with Crippen LogP contribution in [-0.4, -0.2) is 30.1 Å². The Morgan fingerprint density at radius 3 is 2.53 bits per heavy atom. The summed E-state index contributed by atoms with van der Waals surface area (Å²) < 4.78 is 0. The summed E-state index contributed by atoms with van der Waals surface area (Å²) >= 11 is 0. The van der Waals surface area contributed by atoms with Crippen LogP contribution >= 0.6 is 0 Å². The molecule has 2 aliphatic heterocycles. The fourth-order valence-electron chi connectivity index (χ4n) is 3.77. The fourth-order valence-corrected chi connectivity index (χ4v) is 3.77. The van der Waals surface area contributed by atoms with Gasteiger partial charge >= 0.3 is 0 Å². The van der Waals surface area contributed by atoms with E-state index in [1.807, 2.05) is 0 Å². The van der Waals surface area contributed by atoms with Gasteiger partial charge in [0.05, 0.1) is 11.4 Å². The fraction of sp³-hybridized carbons (Fsp3) is 0.625. The molecule has 2 atom stereocenters. The highest BCUT2D eigenvalue weighted by Crippen LogP contribution is 2.34. The smallest absolute Gasteiger partial charge is 0.0576 e. The van der Waals surface area contributed by atoms with E-state index in [2.05, 4.69) is 42.4 Å². The lowest BCUT2D eigenvalue weighted by Gasteiger charge is -2.47. The maximum atomic E-state index is 6.11. The normalized spacial score (nSPS) is 31.2. The van der Waals surface area contributed by atoms with Crippen LogP contribution in [0.5, 0.6) is 0 Å². The molecule has 1 aromatic carbocycles. The largest absolute Gasteiger partial charge is 0.397 e. The Labute approximate surface area is 116 Å². The van der Waals surface area contributed by atoms with Gasteiger partial charge in [-0.3, -0.25) is 0 Å². The number of hydrogen-bond acceptors (Lipinski definition) is 3. The maximum Gasteiger partial charge on any atom is 0.0576 e. The number of nitrogens with one attached hydrogen (secondary N) is 1. The minimum Gasteiger partial charge on any atom is -0.397 e. The van der Waals surface area contributed by atoms with E-state index < -0.39 is 0 Å². The van der Waals surface area contributed by atoms with Crippen LogP contribution in [0.15, 0.2) is 18.2 Å². The molecule has 3 rings (SSSR count). The molecule has 0 saturated carbocycles. The quantitative estimate of drug-likeness (QED) is 0.802. The topological polar surface area (TPSA) is 41.3 Å². The number of anilines is 2. The highest BCUT2D eigenvalue weighted by atomic mass is 15.2. The van der Waals surface area contributed by atoms with E-state index in [9.17, 15) is 0 Å². The highest BCUT2D eigenvalue weighted by Gasteiger charge is 2.35. The standard InChI is InChI=1S/C16H25N3/c1-11-6-7-16(15(17)8-11)18-12-9-13-4-3-5-14(10-12)19(13)2/h6-8,12-14,18H,3-5,9-10,17H2,1-2H3. The zero-order valence-corrected chi connectivity index (χ0v) is 12.0. The predicted molar refractivity (Wildman–Crippen MR) is 81.4 cm³/mol. The van der Waals surface area contributed by atoms with Gasteiger partial charge in [0.25, 0.3) is 0 Å². The van der Waals surface area contributed by atoms with Crippen molar-refractivity contribution in [3.8, 4) is 0 Å². The molecule has 2 aliphatic rings. The lowest BCUT2D eigenvalue weighted by atomic mass is 9.82. The summed E-state index contributed by atoms with van der Waals surface area (Å²) in [5.41, 5.74) is 9.32. The average Bonchev–Trinajstić information content (AvgIpc) is 2.34. The molecule has 2 saturated heterocycles. The SMILES string of the molecule is Cc1ccc(NC2CC3CCCC(C2)N3C)c(N)c1. The maximum absolute atomic E-state index is 6.11. The minimum atomic E-state index is 0.580. The molecule has 2 heterocycles. The highest BCUT2D eigenvalue weighted by molar-refractivity contribution is 5.67. The van der Waals surface area contributed by atoms with Crippen molar-refractivity contribution in [1.82, 2.24) is 4.90 Å². The zero-order chi connectivity index (χ0) is 13.4. The second kappa shape index (κ2) is 5.04. The number of hydrogen-bond donors (Lipinski definition) is 2. The molecule has 3 heteroatoms. The van der Waals surface area contributed by atoms with Gasteiger partial charge in [0.2, 0.25) is 0 Å². The third kappa shape index (κ3) is 2.57. The molecule has 0 aliphatic carbocycles. The first-order valence-electron chi connectivity index (χ1n) is 7.48. The summed E-state index contributed by atoms with van der Waals surface area (Å²) in [6, 6.07) is 8.41. The Hall–Kier alpha value is -1.22. The van der Waals surface area contributed by atoms with Crippen LogP contribution in [0.25, 0.3) is 0 Å². The minimum absolute atomic E-state index is 0.580. The lowest BCUT2D eigenvalue weighted by molar-refractivity contribution is 0.0608. The molecule has 2 fully saturated rings. The van der Waals surface area contributed by atoms with Crippen molar-refractivity contribution in [3.05, 3.63) is 23.8 Å². The number of nitrogens with zero attached hydrogens (tertiary/aromatic N) is 1. The lowest BCUT2D eigenvalue weighted by Crippen LogP contribution is -2.52. The van der Waals surface area contributed by atoms with Gasteiger partial charge in [-0.25, -0.2) is 0 Å². The van der Waals surface area contributed by atoms with E-state index in [4.69, 9.17) is 5.73 Å². The van der Waals surface area contributed by atoms with Gasteiger partial charge in [0, 0.05) is 18.1 Å². The van der Waals surface area contributed by atoms with Crippen LogP contribution < -0.4 is 11.1 Å². The monoisotopic (exact) mass is 259 g/mol. The summed E-state index contributed by atoms with van der Waals surface area (Å²) in [5, 5.41) is 3.67. The van der Waals surface area contributed by atoms with Gasteiger partial charge in [-0.05, 0) is 57.4 Å².